The number of nitrogens with one attached hydrogen (secondary N) is 3. The standard InChI is InChI=1S/C22H34N4O7/c1-21(2,3)33-20(32)22(19(30)31,16(27)13-7-4-10-23-13)26(17(28)14-8-5-11-24-14)18(29)15-9-6-12-25-15/h13-15,23-25H,4-12H2,1-3H3,(H,30,31). The Morgan fingerprint density at radius 1 is 0.788 bits per heavy atom. The van der Waals surface area contributed by atoms with Gasteiger partial charge in [-0.1, -0.05) is 0 Å². The minimum Gasteiger partial charge on any atom is -0.479 e. The van der Waals surface area contributed by atoms with Gasteiger partial charge in [-0.3, -0.25) is 14.4 Å². The summed E-state index contributed by atoms with van der Waals surface area (Å²) in [6, 6.07) is -2.74. The van der Waals surface area contributed by atoms with Crippen LogP contribution in [-0.2, 0) is 28.7 Å². The van der Waals surface area contributed by atoms with E-state index in [1.54, 1.807) is 0 Å². The first-order valence-electron chi connectivity index (χ1n) is 11.6. The van der Waals surface area contributed by atoms with E-state index in [4.69, 9.17) is 4.74 Å². The lowest BCUT2D eigenvalue weighted by atomic mass is 9.84. The molecule has 3 aliphatic rings. The number of hydrogen-bond acceptors (Lipinski definition) is 9. The normalized spacial score (nSPS) is 27.1. The molecule has 4 atom stereocenters. The molecule has 184 valence electrons. The Morgan fingerprint density at radius 2 is 1.21 bits per heavy atom. The number of ketones is 1. The van der Waals surface area contributed by atoms with Crippen molar-refractivity contribution in [3.63, 3.8) is 0 Å². The summed E-state index contributed by atoms with van der Waals surface area (Å²) in [6.45, 7) is 6.05. The van der Waals surface area contributed by atoms with Gasteiger partial charge in [0.25, 0.3) is 0 Å². The smallest absolute Gasteiger partial charge is 0.353 e. The number of imide groups is 1. The van der Waals surface area contributed by atoms with Crippen molar-refractivity contribution in [3.05, 3.63) is 0 Å². The lowest BCUT2D eigenvalue weighted by molar-refractivity contribution is -0.189. The molecule has 0 spiro atoms. The van der Waals surface area contributed by atoms with Gasteiger partial charge >= 0.3 is 17.5 Å². The van der Waals surface area contributed by atoms with E-state index in [1.807, 2.05) is 0 Å². The van der Waals surface area contributed by atoms with Crippen LogP contribution in [0.2, 0.25) is 0 Å². The van der Waals surface area contributed by atoms with Gasteiger partial charge in [0.05, 0.1) is 18.1 Å². The minimum atomic E-state index is -3.13. The van der Waals surface area contributed by atoms with Gasteiger partial charge in [-0.2, -0.15) is 0 Å². The molecule has 0 aliphatic carbocycles. The zero-order chi connectivity index (χ0) is 24.4. The van der Waals surface area contributed by atoms with E-state index < -0.39 is 58.8 Å². The number of aliphatic carboxylic acids is 1. The molecule has 4 N–H and O–H groups in total. The Bertz CT molecular complexity index is 778. The molecule has 2 amide bonds. The summed E-state index contributed by atoms with van der Waals surface area (Å²) in [4.78, 5) is 67.9. The summed E-state index contributed by atoms with van der Waals surface area (Å²) in [5, 5.41) is 19.3. The van der Waals surface area contributed by atoms with Gasteiger partial charge in [-0.15, -0.1) is 0 Å². The number of carboxylic acids is 1. The topological polar surface area (TPSA) is 154 Å². The van der Waals surface area contributed by atoms with Crippen molar-refractivity contribution >= 4 is 29.5 Å². The van der Waals surface area contributed by atoms with Crippen molar-refractivity contribution in [3.8, 4) is 0 Å². The third kappa shape index (κ3) is 4.95. The van der Waals surface area contributed by atoms with E-state index >= 15 is 0 Å². The van der Waals surface area contributed by atoms with Gasteiger partial charge < -0.3 is 25.8 Å². The summed E-state index contributed by atoms with van der Waals surface area (Å²) in [6.07, 6.45) is 2.89. The van der Waals surface area contributed by atoms with Gasteiger partial charge in [-0.05, 0) is 78.9 Å². The minimum absolute atomic E-state index is 0.288. The predicted octanol–water partition coefficient (Wildman–Crippen LogP) is -0.668. The maximum atomic E-state index is 13.8. The maximum Gasteiger partial charge on any atom is 0.353 e. The molecule has 3 saturated heterocycles. The molecular formula is C22H34N4O7. The van der Waals surface area contributed by atoms with Gasteiger partial charge in [-0.25, -0.2) is 14.5 Å². The van der Waals surface area contributed by atoms with Crippen LogP contribution in [0.25, 0.3) is 0 Å². The fraction of sp³-hybridized carbons (Fsp3) is 0.773. The highest BCUT2D eigenvalue weighted by molar-refractivity contribution is 6.31. The van der Waals surface area contributed by atoms with Crippen molar-refractivity contribution in [1.82, 2.24) is 20.9 Å². The number of ether oxygens (including phenoxy) is 1. The molecule has 0 aromatic rings. The van der Waals surface area contributed by atoms with E-state index in [-0.39, 0.29) is 6.42 Å². The first-order valence-corrected chi connectivity index (χ1v) is 11.6. The quantitative estimate of drug-likeness (QED) is 0.216. The molecule has 0 bridgehead atoms. The second kappa shape index (κ2) is 9.86. The van der Waals surface area contributed by atoms with Crippen LogP contribution in [0.1, 0.15) is 59.3 Å². The van der Waals surface area contributed by atoms with Crippen LogP contribution < -0.4 is 16.0 Å². The Balaban J connectivity index is 2.18. The highest BCUT2D eigenvalue weighted by Crippen LogP contribution is 2.30. The number of esters is 1. The van der Waals surface area contributed by atoms with Crippen LogP contribution in [0.15, 0.2) is 0 Å². The van der Waals surface area contributed by atoms with Crippen LogP contribution in [0, 0.1) is 0 Å². The second-order valence-corrected chi connectivity index (χ2v) is 9.84. The molecule has 11 heteroatoms. The monoisotopic (exact) mass is 466 g/mol. The van der Waals surface area contributed by atoms with E-state index in [0.29, 0.717) is 56.6 Å². The molecule has 0 aromatic heterocycles. The summed E-state index contributed by atoms with van der Waals surface area (Å²) < 4.78 is 5.40. The first-order chi connectivity index (χ1) is 15.5. The Morgan fingerprint density at radius 3 is 1.55 bits per heavy atom. The molecule has 3 rings (SSSR count). The van der Waals surface area contributed by atoms with Crippen molar-refractivity contribution in [2.75, 3.05) is 19.6 Å². The first kappa shape index (κ1) is 25.3. The van der Waals surface area contributed by atoms with Crippen molar-refractivity contribution < 1.29 is 33.8 Å². The molecule has 0 saturated carbocycles. The molecule has 11 nitrogen and oxygen atoms in total. The summed E-state index contributed by atoms with van der Waals surface area (Å²) in [5.74, 6) is -6.18. The largest absolute Gasteiger partial charge is 0.479 e. The number of nitrogens with zero attached hydrogens (tertiary/aromatic N) is 1. The number of amides is 2. The molecule has 0 aromatic carbocycles. The van der Waals surface area contributed by atoms with Crippen LogP contribution in [0.3, 0.4) is 0 Å². The number of hydrogen-bond donors (Lipinski definition) is 4. The second-order valence-electron chi connectivity index (χ2n) is 9.84. The molecule has 3 heterocycles. The van der Waals surface area contributed by atoms with Crippen molar-refractivity contribution in [1.29, 1.82) is 0 Å². The van der Waals surface area contributed by atoms with E-state index in [1.165, 1.54) is 20.8 Å². The zero-order valence-electron chi connectivity index (χ0n) is 19.4. The predicted molar refractivity (Wildman–Crippen MR) is 116 cm³/mol. The SMILES string of the molecule is CC(C)(C)OC(=O)C(C(=O)O)(C(=O)C1CCCN1)N(C(=O)C1CCCN1)C(=O)C1CCCN1. The van der Waals surface area contributed by atoms with Gasteiger partial charge in [0.15, 0.2) is 5.78 Å². The third-order valence-corrected chi connectivity index (χ3v) is 6.23. The molecule has 4 unspecified atom stereocenters. The van der Waals surface area contributed by atoms with Gasteiger partial charge in [0.2, 0.25) is 11.8 Å². The van der Waals surface area contributed by atoms with Gasteiger partial charge in [0.1, 0.15) is 5.60 Å². The van der Waals surface area contributed by atoms with Crippen LogP contribution in [0.5, 0.6) is 0 Å². The number of carbonyl (C=O) groups is 5. The lowest BCUT2D eigenvalue weighted by Gasteiger charge is -2.40. The Hall–Kier alpha value is -2.37. The fourth-order valence-electron chi connectivity index (χ4n) is 4.64. The molecular weight excluding hydrogens is 432 g/mol. The summed E-state index contributed by atoms with van der Waals surface area (Å²) in [7, 11) is 0. The molecule has 33 heavy (non-hydrogen) atoms. The number of carboxylic acid groups (broad SMARTS) is 1. The summed E-state index contributed by atoms with van der Waals surface area (Å²) in [5.41, 5.74) is -4.28. The average Bonchev–Trinajstić information content (AvgIpc) is 3.51. The highest BCUT2D eigenvalue weighted by atomic mass is 16.6. The third-order valence-electron chi connectivity index (χ3n) is 6.23. The van der Waals surface area contributed by atoms with E-state index in [9.17, 15) is 29.1 Å². The average molecular weight is 467 g/mol. The van der Waals surface area contributed by atoms with Crippen LogP contribution >= 0.6 is 0 Å². The number of carbonyl (C=O) groups excluding carboxylic acids is 4. The molecule has 3 aliphatic heterocycles. The highest BCUT2D eigenvalue weighted by Gasteiger charge is 2.66. The number of rotatable bonds is 7. The maximum absolute atomic E-state index is 13.8. The summed E-state index contributed by atoms with van der Waals surface area (Å²) >= 11 is 0. The zero-order valence-corrected chi connectivity index (χ0v) is 19.4. The lowest BCUT2D eigenvalue weighted by Crippen LogP contribution is -2.74. The van der Waals surface area contributed by atoms with E-state index in [2.05, 4.69) is 16.0 Å². The van der Waals surface area contributed by atoms with Crippen molar-refractivity contribution in [2.24, 2.45) is 0 Å². The van der Waals surface area contributed by atoms with Crippen LogP contribution in [0.4, 0.5) is 0 Å². The Kier molecular flexibility index (Phi) is 7.55. The van der Waals surface area contributed by atoms with Gasteiger partial charge in [0, 0.05) is 0 Å². The Labute approximate surface area is 193 Å². The van der Waals surface area contributed by atoms with Crippen molar-refractivity contribution in [2.45, 2.75) is 88.6 Å². The molecule has 0 radical (unpaired) electrons. The van der Waals surface area contributed by atoms with E-state index in [0.717, 1.165) is 0 Å². The van der Waals surface area contributed by atoms with Crippen LogP contribution in [-0.4, -0.2) is 88.4 Å². The molecule has 3 fully saturated rings. The number of Topliss-reactive ketones (excluding diaryl/α,β-unsaturated/α-hetero) is 1. The fourth-order valence-corrected chi connectivity index (χ4v) is 4.64.